The molecule has 0 aliphatic carbocycles. The summed E-state index contributed by atoms with van der Waals surface area (Å²) in [4.78, 5) is 24.3. The SMILES string of the molecule is Cc1cc2nn(-c3ccc(Cl)cc3)nc2cc1NC(=O)/C=C/c1ccc(Cl)c([N+](=O)[O-])c1. The van der Waals surface area contributed by atoms with E-state index in [4.69, 9.17) is 23.2 Å². The van der Waals surface area contributed by atoms with Gasteiger partial charge in [-0.3, -0.25) is 14.9 Å². The Bertz CT molecular complexity index is 1380. The molecule has 0 bridgehead atoms. The number of rotatable bonds is 5. The van der Waals surface area contributed by atoms with Crippen LogP contribution in [0, 0.1) is 17.0 Å². The maximum Gasteiger partial charge on any atom is 0.288 e. The van der Waals surface area contributed by atoms with Crippen molar-refractivity contribution in [2.75, 3.05) is 5.32 Å². The lowest BCUT2D eigenvalue weighted by Crippen LogP contribution is -2.09. The lowest BCUT2D eigenvalue weighted by molar-refractivity contribution is -0.384. The molecule has 0 unspecified atom stereocenters. The molecule has 8 nitrogen and oxygen atoms in total. The van der Waals surface area contributed by atoms with Gasteiger partial charge >= 0.3 is 0 Å². The van der Waals surface area contributed by atoms with Crippen molar-refractivity contribution in [1.82, 2.24) is 15.0 Å². The van der Waals surface area contributed by atoms with E-state index in [2.05, 4.69) is 15.5 Å². The van der Waals surface area contributed by atoms with Gasteiger partial charge in [-0.25, -0.2) is 0 Å². The number of amides is 1. The van der Waals surface area contributed by atoms with Crippen molar-refractivity contribution in [2.24, 2.45) is 0 Å². The molecule has 160 valence electrons. The summed E-state index contributed by atoms with van der Waals surface area (Å²) in [7, 11) is 0. The number of hydrogen-bond acceptors (Lipinski definition) is 5. The Hall–Kier alpha value is -3.75. The van der Waals surface area contributed by atoms with Crippen LogP contribution in [-0.4, -0.2) is 25.8 Å². The molecule has 0 saturated carbocycles. The molecule has 0 saturated heterocycles. The summed E-state index contributed by atoms with van der Waals surface area (Å²) in [6.45, 7) is 1.85. The van der Waals surface area contributed by atoms with Crippen LogP contribution in [0.4, 0.5) is 11.4 Å². The van der Waals surface area contributed by atoms with Crippen molar-refractivity contribution in [3.8, 4) is 5.69 Å². The molecule has 0 spiro atoms. The standard InChI is InChI=1S/C22H15Cl2N5O3/c1-13-10-19-20(27-28(26-19)16-6-4-15(23)5-7-16)12-18(13)25-22(30)9-3-14-2-8-17(24)21(11-14)29(31)32/h2-12H,1H3,(H,25,30)/b9-3+. The second-order valence-corrected chi connectivity index (χ2v) is 7.76. The molecule has 0 radical (unpaired) electrons. The number of carbonyl (C=O) groups excluding carboxylic acids is 1. The molecule has 3 aromatic carbocycles. The molecular formula is C22H15Cl2N5O3. The average molecular weight is 468 g/mol. The van der Waals surface area contributed by atoms with E-state index in [9.17, 15) is 14.9 Å². The minimum Gasteiger partial charge on any atom is -0.322 e. The van der Waals surface area contributed by atoms with E-state index in [0.717, 1.165) is 11.3 Å². The van der Waals surface area contributed by atoms with Crippen LogP contribution in [0.1, 0.15) is 11.1 Å². The Morgan fingerprint density at radius 3 is 2.44 bits per heavy atom. The van der Waals surface area contributed by atoms with Gasteiger partial charge in [-0.2, -0.15) is 4.80 Å². The van der Waals surface area contributed by atoms with Crippen LogP contribution >= 0.6 is 23.2 Å². The third-order valence-corrected chi connectivity index (χ3v) is 5.21. The predicted octanol–water partition coefficient (Wildman–Crippen LogP) is 5.60. The van der Waals surface area contributed by atoms with E-state index in [0.29, 0.717) is 27.3 Å². The number of fused-ring (bicyclic) bond motifs is 1. The number of nitrogens with zero attached hydrogens (tertiary/aromatic N) is 4. The topological polar surface area (TPSA) is 103 Å². The Morgan fingerprint density at radius 1 is 1.06 bits per heavy atom. The number of hydrogen-bond donors (Lipinski definition) is 1. The van der Waals surface area contributed by atoms with Gasteiger partial charge in [0.25, 0.3) is 5.69 Å². The highest BCUT2D eigenvalue weighted by Crippen LogP contribution is 2.26. The van der Waals surface area contributed by atoms with Crippen LogP contribution in [0.5, 0.6) is 0 Å². The van der Waals surface area contributed by atoms with Crippen molar-refractivity contribution in [3.05, 3.63) is 92.0 Å². The number of benzene rings is 3. The van der Waals surface area contributed by atoms with Crippen molar-refractivity contribution in [1.29, 1.82) is 0 Å². The van der Waals surface area contributed by atoms with Crippen LogP contribution in [0.25, 0.3) is 22.8 Å². The van der Waals surface area contributed by atoms with Gasteiger partial charge in [-0.1, -0.05) is 29.3 Å². The molecule has 4 rings (SSSR count). The highest BCUT2D eigenvalue weighted by molar-refractivity contribution is 6.32. The van der Waals surface area contributed by atoms with Gasteiger partial charge in [0.05, 0.1) is 10.6 Å². The third kappa shape index (κ3) is 4.61. The summed E-state index contributed by atoms with van der Waals surface area (Å²) >= 11 is 11.7. The Labute approximate surface area is 192 Å². The van der Waals surface area contributed by atoms with E-state index in [1.165, 1.54) is 29.1 Å². The molecule has 1 N–H and O–H groups in total. The van der Waals surface area contributed by atoms with Crippen molar-refractivity contribution in [3.63, 3.8) is 0 Å². The second-order valence-electron chi connectivity index (χ2n) is 6.91. The third-order valence-electron chi connectivity index (χ3n) is 4.64. The monoisotopic (exact) mass is 467 g/mol. The summed E-state index contributed by atoms with van der Waals surface area (Å²) in [5, 5.41) is 23.4. The molecule has 10 heteroatoms. The summed E-state index contributed by atoms with van der Waals surface area (Å²) < 4.78 is 0. The van der Waals surface area contributed by atoms with Gasteiger partial charge in [0.15, 0.2) is 0 Å². The number of nitro benzene ring substituents is 1. The molecular weight excluding hydrogens is 453 g/mol. The zero-order valence-corrected chi connectivity index (χ0v) is 18.1. The molecule has 32 heavy (non-hydrogen) atoms. The predicted molar refractivity (Wildman–Crippen MR) is 124 cm³/mol. The zero-order valence-electron chi connectivity index (χ0n) is 16.6. The fraction of sp³-hybridized carbons (Fsp3) is 0.0455. The number of carbonyl (C=O) groups is 1. The van der Waals surface area contributed by atoms with Crippen LogP contribution in [0.3, 0.4) is 0 Å². The summed E-state index contributed by atoms with van der Waals surface area (Å²) in [6.07, 6.45) is 2.77. The van der Waals surface area contributed by atoms with E-state index < -0.39 is 10.8 Å². The van der Waals surface area contributed by atoms with Gasteiger partial charge in [0.2, 0.25) is 5.91 Å². The van der Waals surface area contributed by atoms with Crippen LogP contribution in [0.15, 0.2) is 60.7 Å². The van der Waals surface area contributed by atoms with Gasteiger partial charge in [-0.15, -0.1) is 10.2 Å². The number of nitro groups is 1. The van der Waals surface area contributed by atoms with Gasteiger partial charge in [0, 0.05) is 22.9 Å². The van der Waals surface area contributed by atoms with Gasteiger partial charge in [-0.05, 0) is 66.6 Å². The highest BCUT2D eigenvalue weighted by atomic mass is 35.5. The van der Waals surface area contributed by atoms with Crippen LogP contribution in [0.2, 0.25) is 10.0 Å². The minimum atomic E-state index is -0.574. The maximum absolute atomic E-state index is 12.4. The summed E-state index contributed by atoms with van der Waals surface area (Å²) in [5.74, 6) is -0.393. The van der Waals surface area contributed by atoms with E-state index in [-0.39, 0.29) is 10.7 Å². The van der Waals surface area contributed by atoms with Crippen molar-refractivity contribution in [2.45, 2.75) is 6.92 Å². The summed E-state index contributed by atoms with van der Waals surface area (Å²) in [6, 6.07) is 15.0. The molecule has 1 amide bonds. The van der Waals surface area contributed by atoms with Crippen LogP contribution in [-0.2, 0) is 4.79 Å². The average Bonchev–Trinajstić information content (AvgIpc) is 3.16. The first kappa shape index (κ1) is 21.5. The minimum absolute atomic E-state index is 0.0344. The largest absolute Gasteiger partial charge is 0.322 e. The van der Waals surface area contributed by atoms with E-state index in [1.54, 1.807) is 24.3 Å². The zero-order chi connectivity index (χ0) is 22.8. The number of aryl methyl sites for hydroxylation is 1. The highest BCUT2D eigenvalue weighted by Gasteiger charge is 2.12. The molecule has 0 fully saturated rings. The first-order valence-corrected chi connectivity index (χ1v) is 10.1. The Morgan fingerprint density at radius 2 is 1.75 bits per heavy atom. The molecule has 1 heterocycles. The normalized spacial score (nSPS) is 11.2. The molecule has 0 atom stereocenters. The lowest BCUT2D eigenvalue weighted by atomic mass is 10.1. The quantitative estimate of drug-likeness (QED) is 0.234. The maximum atomic E-state index is 12.4. The van der Waals surface area contributed by atoms with Crippen molar-refractivity contribution < 1.29 is 9.72 Å². The lowest BCUT2D eigenvalue weighted by Gasteiger charge is -2.05. The molecule has 0 aliphatic heterocycles. The smallest absolute Gasteiger partial charge is 0.288 e. The van der Waals surface area contributed by atoms with E-state index in [1.807, 2.05) is 25.1 Å². The fourth-order valence-electron chi connectivity index (χ4n) is 3.01. The number of nitrogens with one attached hydrogen (secondary N) is 1. The Kier molecular flexibility index (Phi) is 5.89. The molecule has 1 aromatic heterocycles. The van der Waals surface area contributed by atoms with Gasteiger partial charge < -0.3 is 5.32 Å². The summed E-state index contributed by atoms with van der Waals surface area (Å²) in [5.41, 5.74) is 3.70. The number of aromatic nitrogens is 3. The van der Waals surface area contributed by atoms with Crippen molar-refractivity contribution >= 4 is 57.6 Å². The van der Waals surface area contributed by atoms with Gasteiger partial charge in [0.1, 0.15) is 16.1 Å². The number of halogens is 2. The first-order valence-electron chi connectivity index (χ1n) is 9.37. The van der Waals surface area contributed by atoms with Crippen LogP contribution < -0.4 is 5.32 Å². The first-order chi connectivity index (χ1) is 15.3. The fourth-order valence-corrected chi connectivity index (χ4v) is 3.32. The molecule has 0 aliphatic rings. The second kappa shape index (κ2) is 8.78. The van der Waals surface area contributed by atoms with E-state index >= 15 is 0 Å². The molecule has 4 aromatic rings. The Balaban J connectivity index is 1.54. The number of anilines is 1.